The summed E-state index contributed by atoms with van der Waals surface area (Å²) in [6, 6.07) is 19.7. The Balaban J connectivity index is 1.65. The minimum Gasteiger partial charge on any atom is -0.497 e. The number of hydrogen-bond donors (Lipinski definition) is 1. The van der Waals surface area contributed by atoms with E-state index in [4.69, 9.17) is 9.84 Å². The van der Waals surface area contributed by atoms with Gasteiger partial charge in [-0.15, -0.1) is 11.8 Å². The molecule has 0 aliphatic carbocycles. The molecule has 1 aliphatic rings. The zero-order chi connectivity index (χ0) is 29.1. The van der Waals surface area contributed by atoms with Gasteiger partial charge in [-0.2, -0.15) is 5.10 Å². The number of benzene rings is 2. The quantitative estimate of drug-likeness (QED) is 0.322. The Morgan fingerprint density at radius 2 is 1.83 bits per heavy atom. The Morgan fingerprint density at radius 1 is 1.10 bits per heavy atom. The van der Waals surface area contributed by atoms with Crippen molar-refractivity contribution in [2.24, 2.45) is 0 Å². The fourth-order valence-electron chi connectivity index (χ4n) is 4.97. The fourth-order valence-corrected chi connectivity index (χ4v) is 6.16. The van der Waals surface area contributed by atoms with Crippen molar-refractivity contribution in [3.8, 4) is 11.4 Å². The van der Waals surface area contributed by atoms with Gasteiger partial charge in [0.25, 0.3) is 0 Å². The summed E-state index contributed by atoms with van der Waals surface area (Å²) in [6.45, 7) is 8.69. The predicted octanol–water partition coefficient (Wildman–Crippen LogP) is 5.37. The number of thioether (sulfide) groups is 1. The van der Waals surface area contributed by atoms with Crippen molar-refractivity contribution in [1.82, 2.24) is 20.1 Å². The molecule has 0 radical (unpaired) electrons. The minimum atomic E-state index is -0.326. The molecule has 0 unspecified atom stereocenters. The number of amides is 2. The summed E-state index contributed by atoms with van der Waals surface area (Å²) in [7, 11) is 1.63. The van der Waals surface area contributed by atoms with E-state index in [1.54, 1.807) is 36.2 Å². The molecule has 5 rings (SSSR count). The molecule has 1 atom stereocenters. The average molecular weight is 570 g/mol. The molecule has 0 saturated carbocycles. The van der Waals surface area contributed by atoms with Crippen molar-refractivity contribution in [3.05, 3.63) is 101 Å². The number of nitrogens with zero attached hydrogens (tertiary/aromatic N) is 4. The second-order valence-corrected chi connectivity index (χ2v) is 12.3. The van der Waals surface area contributed by atoms with Gasteiger partial charge in [-0.1, -0.05) is 50.6 Å². The van der Waals surface area contributed by atoms with Crippen LogP contribution >= 0.6 is 11.8 Å². The maximum absolute atomic E-state index is 13.8. The van der Waals surface area contributed by atoms with Crippen LogP contribution in [0.5, 0.6) is 5.75 Å². The zero-order valence-electron chi connectivity index (χ0n) is 24.0. The average Bonchev–Trinajstić information content (AvgIpc) is 3.30. The largest absolute Gasteiger partial charge is 0.497 e. The third-order valence-electron chi connectivity index (χ3n) is 7.00. The second kappa shape index (κ2) is 11.8. The summed E-state index contributed by atoms with van der Waals surface area (Å²) in [5.41, 5.74) is 5.48. The van der Waals surface area contributed by atoms with Crippen LogP contribution in [-0.2, 0) is 21.5 Å². The Bertz CT molecular complexity index is 1540. The number of pyridine rings is 1. The fraction of sp³-hybridized carbons (Fsp3) is 0.312. The Hall–Kier alpha value is -4.11. The van der Waals surface area contributed by atoms with Crippen LogP contribution in [0.3, 0.4) is 0 Å². The molecule has 212 valence electrons. The molecule has 8 nitrogen and oxygen atoms in total. The summed E-state index contributed by atoms with van der Waals surface area (Å²) in [6.07, 6.45) is 3.38. The van der Waals surface area contributed by atoms with Crippen LogP contribution in [0.4, 0.5) is 5.82 Å². The number of fused-ring (bicyclic) bond motifs is 1. The van der Waals surface area contributed by atoms with E-state index in [0.29, 0.717) is 12.4 Å². The van der Waals surface area contributed by atoms with Gasteiger partial charge in [0.15, 0.2) is 0 Å². The minimum absolute atomic E-state index is 0.122. The first-order valence-corrected chi connectivity index (χ1v) is 14.6. The van der Waals surface area contributed by atoms with Gasteiger partial charge in [0.1, 0.15) is 18.1 Å². The van der Waals surface area contributed by atoms with Crippen LogP contribution in [0.2, 0.25) is 0 Å². The number of carbonyl (C=O) groups is 2. The van der Waals surface area contributed by atoms with Gasteiger partial charge >= 0.3 is 0 Å². The third kappa shape index (κ3) is 6.15. The molecule has 0 spiro atoms. The summed E-state index contributed by atoms with van der Waals surface area (Å²) in [5.74, 6) is 1.19. The highest BCUT2D eigenvalue weighted by Crippen LogP contribution is 2.48. The van der Waals surface area contributed by atoms with Crippen molar-refractivity contribution >= 4 is 29.4 Å². The van der Waals surface area contributed by atoms with E-state index in [1.807, 2.05) is 47.1 Å². The Kier molecular flexibility index (Phi) is 8.17. The lowest BCUT2D eigenvalue weighted by molar-refractivity contribution is -0.123. The standard InChI is InChI=1S/C32H35N5O3S/c1-21-7-6-8-23(17-21)29-28-30(32(2,3)4)35-37(24-9-11-25(40-5)12-10-24)31(28)36(27(39)20-41-29)19-26(38)34-18-22-13-15-33-16-14-22/h6-17,29H,18-20H2,1-5H3,(H,34,38)/t29-/m1/s1. The van der Waals surface area contributed by atoms with Gasteiger partial charge in [0.2, 0.25) is 11.8 Å². The number of rotatable bonds is 7. The van der Waals surface area contributed by atoms with Crippen LogP contribution in [-0.4, -0.2) is 46.0 Å². The smallest absolute Gasteiger partial charge is 0.240 e. The molecule has 0 fully saturated rings. The summed E-state index contributed by atoms with van der Waals surface area (Å²) in [5, 5.41) is 7.97. The van der Waals surface area contributed by atoms with Gasteiger partial charge in [-0.05, 0) is 54.4 Å². The predicted molar refractivity (Wildman–Crippen MR) is 163 cm³/mol. The molecule has 9 heteroatoms. The molecule has 0 saturated heterocycles. The number of ether oxygens (including phenoxy) is 1. The number of methoxy groups -OCH3 is 1. The Morgan fingerprint density at radius 3 is 2.49 bits per heavy atom. The summed E-state index contributed by atoms with van der Waals surface area (Å²) < 4.78 is 7.20. The van der Waals surface area contributed by atoms with E-state index in [-0.39, 0.29) is 34.8 Å². The maximum atomic E-state index is 13.8. The number of aryl methyl sites for hydroxylation is 1. The first-order valence-electron chi connectivity index (χ1n) is 13.6. The highest BCUT2D eigenvalue weighted by molar-refractivity contribution is 8.00. The van der Waals surface area contributed by atoms with Crippen LogP contribution in [0, 0.1) is 6.92 Å². The number of aromatic nitrogens is 3. The molecule has 1 aliphatic heterocycles. The van der Waals surface area contributed by atoms with E-state index < -0.39 is 0 Å². The van der Waals surface area contributed by atoms with Crippen molar-refractivity contribution in [3.63, 3.8) is 0 Å². The molecule has 2 aromatic heterocycles. The molecule has 4 aromatic rings. The number of anilines is 1. The SMILES string of the molecule is COc1ccc(-n2nc(C(C)(C)C)c3c2N(CC(=O)NCc2ccncc2)C(=O)CS[C@@H]3c2cccc(C)c2)cc1. The lowest BCUT2D eigenvalue weighted by Crippen LogP contribution is -2.42. The summed E-state index contributed by atoms with van der Waals surface area (Å²) in [4.78, 5) is 32.8. The van der Waals surface area contributed by atoms with Crippen molar-refractivity contribution in [2.45, 2.75) is 44.9 Å². The molecular weight excluding hydrogens is 534 g/mol. The zero-order valence-corrected chi connectivity index (χ0v) is 24.9. The molecule has 2 aromatic carbocycles. The van der Waals surface area contributed by atoms with E-state index in [0.717, 1.165) is 39.4 Å². The van der Waals surface area contributed by atoms with E-state index in [9.17, 15) is 9.59 Å². The molecule has 0 bridgehead atoms. The highest BCUT2D eigenvalue weighted by Gasteiger charge is 2.40. The summed E-state index contributed by atoms with van der Waals surface area (Å²) >= 11 is 1.58. The molecular formula is C32H35N5O3S. The second-order valence-electron chi connectivity index (χ2n) is 11.2. The van der Waals surface area contributed by atoms with E-state index in [2.05, 4.69) is 56.2 Å². The van der Waals surface area contributed by atoms with Gasteiger partial charge in [-0.25, -0.2) is 4.68 Å². The monoisotopic (exact) mass is 569 g/mol. The van der Waals surface area contributed by atoms with Crippen molar-refractivity contribution in [2.75, 3.05) is 24.3 Å². The number of carbonyl (C=O) groups excluding carboxylic acids is 2. The lowest BCUT2D eigenvalue weighted by atomic mass is 9.87. The third-order valence-corrected chi connectivity index (χ3v) is 8.26. The van der Waals surface area contributed by atoms with Crippen molar-refractivity contribution < 1.29 is 14.3 Å². The van der Waals surface area contributed by atoms with Crippen molar-refractivity contribution in [1.29, 1.82) is 0 Å². The van der Waals surface area contributed by atoms with Crippen LogP contribution < -0.4 is 15.0 Å². The van der Waals surface area contributed by atoms with Crippen LogP contribution in [0.1, 0.15) is 54.0 Å². The topological polar surface area (TPSA) is 89.3 Å². The first kappa shape index (κ1) is 28.4. The number of hydrogen-bond acceptors (Lipinski definition) is 6. The van der Waals surface area contributed by atoms with E-state index in [1.165, 1.54) is 0 Å². The first-order chi connectivity index (χ1) is 19.7. The normalized spacial score (nSPS) is 15.3. The van der Waals surface area contributed by atoms with Crippen LogP contribution in [0.15, 0.2) is 73.1 Å². The molecule has 3 heterocycles. The Labute approximate surface area is 245 Å². The molecule has 1 N–H and O–H groups in total. The number of nitrogens with one attached hydrogen (secondary N) is 1. The van der Waals surface area contributed by atoms with E-state index >= 15 is 0 Å². The molecule has 2 amide bonds. The van der Waals surface area contributed by atoms with Gasteiger partial charge in [-0.3, -0.25) is 19.5 Å². The van der Waals surface area contributed by atoms with Gasteiger partial charge < -0.3 is 10.1 Å². The van der Waals surface area contributed by atoms with Gasteiger partial charge in [0.05, 0.1) is 29.5 Å². The highest BCUT2D eigenvalue weighted by atomic mass is 32.2. The lowest BCUT2D eigenvalue weighted by Gasteiger charge is -2.24. The van der Waals surface area contributed by atoms with Crippen LogP contribution in [0.25, 0.3) is 5.69 Å². The maximum Gasteiger partial charge on any atom is 0.240 e. The molecule has 41 heavy (non-hydrogen) atoms. The van der Waals surface area contributed by atoms with Gasteiger partial charge in [0, 0.05) is 29.9 Å².